The number of nitrogens with one attached hydrogen (secondary N) is 1. The van der Waals surface area contributed by atoms with Gasteiger partial charge in [0.2, 0.25) is 5.91 Å². The monoisotopic (exact) mass is 421 g/mol. The van der Waals surface area contributed by atoms with Gasteiger partial charge >= 0.3 is 11.9 Å². The summed E-state index contributed by atoms with van der Waals surface area (Å²) in [6.45, 7) is 2.70. The smallest absolute Gasteiger partial charge is 0.333 e. The second kappa shape index (κ2) is 14.3. The Morgan fingerprint density at radius 3 is 2.30 bits per heavy atom. The van der Waals surface area contributed by atoms with Crippen LogP contribution in [0.3, 0.4) is 0 Å². The molecule has 0 aliphatic rings. The number of hydrogen-bond acceptors (Lipinski definition) is 7. The van der Waals surface area contributed by atoms with Crippen LogP contribution in [0.5, 0.6) is 5.75 Å². The second-order valence-electron chi connectivity index (χ2n) is 6.57. The SMILES string of the molecule is CC/C=C\CCCC(=O)Oc1ccc(C(NC(=O)C(CO)CO)C(=O)OCC)cc1. The maximum Gasteiger partial charge on any atom is 0.333 e. The fourth-order valence-corrected chi connectivity index (χ4v) is 2.55. The third-order valence-corrected chi connectivity index (χ3v) is 4.22. The van der Waals surface area contributed by atoms with Gasteiger partial charge in [0, 0.05) is 6.42 Å². The Morgan fingerprint density at radius 2 is 1.73 bits per heavy atom. The third-order valence-electron chi connectivity index (χ3n) is 4.22. The molecule has 0 heterocycles. The molecule has 1 aromatic rings. The van der Waals surface area contributed by atoms with E-state index in [0.717, 1.165) is 12.8 Å². The molecular formula is C22H31NO7. The van der Waals surface area contributed by atoms with Gasteiger partial charge in [0.25, 0.3) is 0 Å². The van der Waals surface area contributed by atoms with E-state index in [2.05, 4.69) is 5.32 Å². The van der Waals surface area contributed by atoms with E-state index in [0.29, 0.717) is 24.2 Å². The van der Waals surface area contributed by atoms with Crippen molar-refractivity contribution in [1.29, 1.82) is 0 Å². The van der Waals surface area contributed by atoms with Crippen LogP contribution in [0.4, 0.5) is 0 Å². The highest BCUT2D eigenvalue weighted by atomic mass is 16.5. The summed E-state index contributed by atoms with van der Waals surface area (Å²) >= 11 is 0. The fraction of sp³-hybridized carbons (Fsp3) is 0.500. The minimum Gasteiger partial charge on any atom is -0.464 e. The van der Waals surface area contributed by atoms with E-state index in [1.165, 1.54) is 12.1 Å². The third kappa shape index (κ3) is 8.75. The number of aliphatic hydroxyl groups is 2. The average molecular weight is 421 g/mol. The summed E-state index contributed by atoms with van der Waals surface area (Å²) in [5.74, 6) is -2.42. The maximum atomic E-state index is 12.3. The Labute approximate surface area is 176 Å². The summed E-state index contributed by atoms with van der Waals surface area (Å²) in [5.41, 5.74) is 0.418. The predicted molar refractivity (Wildman–Crippen MR) is 111 cm³/mol. The molecule has 0 fully saturated rings. The molecule has 166 valence electrons. The quantitative estimate of drug-likeness (QED) is 0.193. The van der Waals surface area contributed by atoms with Crippen LogP contribution < -0.4 is 10.1 Å². The first-order chi connectivity index (χ1) is 14.5. The summed E-state index contributed by atoms with van der Waals surface area (Å²) in [7, 11) is 0. The van der Waals surface area contributed by atoms with Crippen molar-refractivity contribution in [2.75, 3.05) is 19.8 Å². The van der Waals surface area contributed by atoms with Crippen molar-refractivity contribution in [3.8, 4) is 5.75 Å². The summed E-state index contributed by atoms with van der Waals surface area (Å²) in [5, 5.41) is 20.8. The minimum atomic E-state index is -1.12. The van der Waals surface area contributed by atoms with Crippen LogP contribution in [0.1, 0.15) is 51.1 Å². The predicted octanol–water partition coefficient (Wildman–Crippen LogP) is 2.05. The highest BCUT2D eigenvalue weighted by Crippen LogP contribution is 2.20. The summed E-state index contributed by atoms with van der Waals surface area (Å²) in [6.07, 6.45) is 6.84. The van der Waals surface area contributed by atoms with Crippen molar-refractivity contribution < 1.29 is 34.1 Å². The molecule has 0 saturated heterocycles. The standard InChI is InChI=1S/C22H31NO7/c1-3-5-6-7-8-9-19(26)30-18-12-10-16(11-13-18)20(22(28)29-4-2)23-21(27)17(14-24)15-25/h5-6,10-13,17,20,24-25H,3-4,7-9,14-15H2,1-2H3,(H,23,27)/b6-5-. The van der Waals surface area contributed by atoms with Crippen LogP contribution in [-0.2, 0) is 19.1 Å². The molecule has 0 radical (unpaired) electrons. The Kier molecular flexibility index (Phi) is 12.1. The molecular weight excluding hydrogens is 390 g/mol. The molecule has 0 aromatic heterocycles. The molecule has 30 heavy (non-hydrogen) atoms. The number of carbonyl (C=O) groups excluding carboxylic acids is 3. The van der Waals surface area contributed by atoms with Gasteiger partial charge in [-0.25, -0.2) is 4.79 Å². The lowest BCUT2D eigenvalue weighted by molar-refractivity contribution is -0.148. The van der Waals surface area contributed by atoms with Crippen LogP contribution in [0.25, 0.3) is 0 Å². The van der Waals surface area contributed by atoms with E-state index in [1.54, 1.807) is 19.1 Å². The zero-order valence-corrected chi connectivity index (χ0v) is 17.5. The highest BCUT2D eigenvalue weighted by molar-refractivity contribution is 5.86. The molecule has 1 amide bonds. The molecule has 8 heteroatoms. The molecule has 1 atom stereocenters. The van der Waals surface area contributed by atoms with Crippen LogP contribution >= 0.6 is 0 Å². The van der Waals surface area contributed by atoms with E-state index in [1.807, 2.05) is 19.1 Å². The van der Waals surface area contributed by atoms with Gasteiger partial charge in [0.15, 0.2) is 6.04 Å². The number of aliphatic hydroxyl groups excluding tert-OH is 2. The lowest BCUT2D eigenvalue weighted by Gasteiger charge is -2.20. The first kappa shape index (κ1) is 25.3. The van der Waals surface area contributed by atoms with E-state index in [9.17, 15) is 14.4 Å². The zero-order valence-electron chi connectivity index (χ0n) is 17.5. The van der Waals surface area contributed by atoms with Crippen LogP contribution in [-0.4, -0.2) is 47.9 Å². The number of hydrogen-bond donors (Lipinski definition) is 3. The van der Waals surface area contributed by atoms with Crippen molar-refractivity contribution in [2.24, 2.45) is 5.92 Å². The molecule has 8 nitrogen and oxygen atoms in total. The fourth-order valence-electron chi connectivity index (χ4n) is 2.55. The Morgan fingerprint density at radius 1 is 1.07 bits per heavy atom. The van der Waals surface area contributed by atoms with Gasteiger partial charge in [-0.3, -0.25) is 9.59 Å². The molecule has 0 bridgehead atoms. The number of ether oxygens (including phenoxy) is 2. The number of unbranched alkanes of at least 4 members (excludes halogenated alkanes) is 1. The molecule has 3 N–H and O–H groups in total. The largest absolute Gasteiger partial charge is 0.464 e. The number of allylic oxidation sites excluding steroid dienone is 2. The Bertz CT molecular complexity index is 696. The van der Waals surface area contributed by atoms with Crippen molar-refractivity contribution >= 4 is 17.8 Å². The number of amides is 1. The Hall–Kier alpha value is -2.71. The highest BCUT2D eigenvalue weighted by Gasteiger charge is 2.27. The second-order valence-corrected chi connectivity index (χ2v) is 6.57. The van der Waals surface area contributed by atoms with E-state index in [4.69, 9.17) is 19.7 Å². The van der Waals surface area contributed by atoms with Gasteiger partial charge in [-0.2, -0.15) is 0 Å². The molecule has 0 spiro atoms. The first-order valence-electron chi connectivity index (χ1n) is 10.1. The van der Waals surface area contributed by atoms with Gasteiger partial charge in [0.1, 0.15) is 5.75 Å². The molecule has 0 saturated carbocycles. The molecule has 0 aliphatic carbocycles. The molecule has 1 rings (SSSR count). The topological polar surface area (TPSA) is 122 Å². The van der Waals surface area contributed by atoms with Crippen LogP contribution in [0.2, 0.25) is 0 Å². The van der Waals surface area contributed by atoms with E-state index in [-0.39, 0.29) is 12.6 Å². The molecule has 1 unspecified atom stereocenters. The minimum absolute atomic E-state index is 0.123. The summed E-state index contributed by atoms with van der Waals surface area (Å²) in [6, 6.07) is 5.02. The van der Waals surface area contributed by atoms with Crippen molar-refractivity contribution in [1.82, 2.24) is 5.32 Å². The number of esters is 2. The lowest BCUT2D eigenvalue weighted by Crippen LogP contribution is -2.40. The summed E-state index contributed by atoms with van der Waals surface area (Å²) in [4.78, 5) is 36.4. The van der Waals surface area contributed by atoms with Crippen molar-refractivity contribution in [2.45, 2.75) is 45.6 Å². The first-order valence-corrected chi connectivity index (χ1v) is 10.1. The average Bonchev–Trinajstić information content (AvgIpc) is 2.73. The Balaban J connectivity index is 2.78. The molecule has 1 aromatic carbocycles. The van der Waals surface area contributed by atoms with Crippen molar-refractivity contribution in [3.05, 3.63) is 42.0 Å². The van der Waals surface area contributed by atoms with Gasteiger partial charge in [-0.15, -0.1) is 0 Å². The maximum absolute atomic E-state index is 12.3. The number of benzene rings is 1. The van der Waals surface area contributed by atoms with Crippen LogP contribution in [0.15, 0.2) is 36.4 Å². The zero-order chi connectivity index (χ0) is 22.4. The molecule has 0 aliphatic heterocycles. The van der Waals surface area contributed by atoms with E-state index < -0.39 is 37.0 Å². The number of rotatable bonds is 13. The van der Waals surface area contributed by atoms with Gasteiger partial charge in [0.05, 0.1) is 25.7 Å². The van der Waals surface area contributed by atoms with Crippen LogP contribution in [0, 0.1) is 5.92 Å². The van der Waals surface area contributed by atoms with Gasteiger partial charge in [-0.1, -0.05) is 31.2 Å². The lowest BCUT2D eigenvalue weighted by atomic mass is 10.0. The van der Waals surface area contributed by atoms with Gasteiger partial charge in [-0.05, 0) is 43.9 Å². The van der Waals surface area contributed by atoms with Gasteiger partial charge < -0.3 is 25.0 Å². The van der Waals surface area contributed by atoms with Crippen molar-refractivity contribution in [3.63, 3.8) is 0 Å². The summed E-state index contributed by atoms with van der Waals surface area (Å²) < 4.78 is 10.3. The van der Waals surface area contributed by atoms with E-state index >= 15 is 0 Å². The normalized spacial score (nSPS) is 12.0. The number of carbonyl (C=O) groups is 3.